The quantitative estimate of drug-likeness (QED) is 0.596. The molecule has 0 fully saturated rings. The second kappa shape index (κ2) is 10.0. The molecule has 31 heavy (non-hydrogen) atoms. The zero-order chi connectivity index (χ0) is 22.4. The first-order valence-electron chi connectivity index (χ1n) is 9.88. The molecule has 0 spiro atoms. The summed E-state index contributed by atoms with van der Waals surface area (Å²) in [5, 5.41) is 6.33. The Labute approximate surface area is 186 Å². The van der Waals surface area contributed by atoms with Gasteiger partial charge in [-0.05, 0) is 55.3 Å². The highest BCUT2D eigenvalue weighted by atomic mass is 35.5. The standard InChI is InChI=1S/C23H24ClN5O2/c1-4-26-23(31)29(3)20-12-17(16-5-7-19(24)8-6-16)11-18(13-20)22(30)28-15(2)21-14-25-9-10-27-21/h5-15H,4H2,1-3H3,(H,26,31)(H,28,30). The number of halogens is 1. The summed E-state index contributed by atoms with van der Waals surface area (Å²) in [7, 11) is 1.66. The maximum absolute atomic E-state index is 13.0. The number of nitrogens with zero attached hydrogens (tertiary/aromatic N) is 3. The van der Waals surface area contributed by atoms with Crippen molar-refractivity contribution < 1.29 is 9.59 Å². The van der Waals surface area contributed by atoms with Gasteiger partial charge in [0.25, 0.3) is 5.91 Å². The Morgan fingerprint density at radius 2 is 1.84 bits per heavy atom. The molecule has 3 amide bonds. The van der Waals surface area contributed by atoms with E-state index >= 15 is 0 Å². The molecule has 0 radical (unpaired) electrons. The molecule has 1 atom stereocenters. The normalized spacial score (nSPS) is 11.5. The van der Waals surface area contributed by atoms with Gasteiger partial charge in [-0.25, -0.2) is 4.79 Å². The van der Waals surface area contributed by atoms with E-state index in [4.69, 9.17) is 11.6 Å². The molecule has 0 aliphatic heterocycles. The number of carbonyl (C=O) groups is 2. The molecule has 2 N–H and O–H groups in total. The van der Waals surface area contributed by atoms with Crippen LogP contribution in [0.2, 0.25) is 5.02 Å². The topological polar surface area (TPSA) is 87.2 Å². The molecule has 7 nitrogen and oxygen atoms in total. The SMILES string of the molecule is CCNC(=O)N(C)c1cc(C(=O)NC(C)c2cnccn2)cc(-c2ccc(Cl)cc2)c1. The smallest absolute Gasteiger partial charge is 0.321 e. The molecule has 1 aromatic heterocycles. The van der Waals surface area contributed by atoms with Gasteiger partial charge >= 0.3 is 6.03 Å². The largest absolute Gasteiger partial charge is 0.344 e. The number of benzene rings is 2. The lowest BCUT2D eigenvalue weighted by molar-refractivity contribution is 0.0939. The van der Waals surface area contributed by atoms with Crippen molar-refractivity contribution in [1.29, 1.82) is 0 Å². The molecular weight excluding hydrogens is 414 g/mol. The van der Waals surface area contributed by atoms with Crippen LogP contribution in [0.15, 0.2) is 61.1 Å². The van der Waals surface area contributed by atoms with Crippen molar-refractivity contribution in [2.75, 3.05) is 18.5 Å². The van der Waals surface area contributed by atoms with Crippen molar-refractivity contribution in [2.45, 2.75) is 19.9 Å². The van der Waals surface area contributed by atoms with Gasteiger partial charge in [0.15, 0.2) is 0 Å². The molecule has 2 aromatic carbocycles. The number of aromatic nitrogens is 2. The number of anilines is 1. The maximum atomic E-state index is 13.0. The molecule has 3 aromatic rings. The highest BCUT2D eigenvalue weighted by molar-refractivity contribution is 6.30. The van der Waals surface area contributed by atoms with Gasteiger partial charge in [0.1, 0.15) is 0 Å². The minimum absolute atomic E-state index is 0.255. The van der Waals surface area contributed by atoms with Gasteiger partial charge in [0.05, 0.1) is 17.9 Å². The number of nitrogens with one attached hydrogen (secondary N) is 2. The molecule has 8 heteroatoms. The third-order valence-corrected chi connectivity index (χ3v) is 5.00. The van der Waals surface area contributed by atoms with E-state index in [1.165, 1.54) is 4.90 Å². The van der Waals surface area contributed by atoms with Crippen molar-refractivity contribution in [3.05, 3.63) is 77.3 Å². The molecular formula is C23H24ClN5O2. The van der Waals surface area contributed by atoms with E-state index < -0.39 is 0 Å². The van der Waals surface area contributed by atoms with Crippen LogP contribution < -0.4 is 15.5 Å². The lowest BCUT2D eigenvalue weighted by Gasteiger charge is -2.20. The Bertz CT molecular complexity index is 1060. The van der Waals surface area contributed by atoms with Crippen LogP contribution in [0.25, 0.3) is 11.1 Å². The third-order valence-electron chi connectivity index (χ3n) is 4.75. The van der Waals surface area contributed by atoms with Crippen LogP contribution >= 0.6 is 11.6 Å². The lowest BCUT2D eigenvalue weighted by Crippen LogP contribution is -2.37. The van der Waals surface area contributed by atoms with Gasteiger partial charge < -0.3 is 10.6 Å². The molecule has 0 aliphatic rings. The lowest BCUT2D eigenvalue weighted by atomic mass is 10.0. The summed E-state index contributed by atoms with van der Waals surface area (Å²) in [6, 6.07) is 12.1. The zero-order valence-corrected chi connectivity index (χ0v) is 18.3. The molecule has 0 aliphatic carbocycles. The maximum Gasteiger partial charge on any atom is 0.321 e. The Hall–Kier alpha value is -3.45. The van der Waals surface area contributed by atoms with Gasteiger partial charge in [0, 0.05) is 42.3 Å². The minimum Gasteiger partial charge on any atom is -0.344 e. The second-order valence-corrected chi connectivity index (χ2v) is 7.43. The van der Waals surface area contributed by atoms with Crippen LogP contribution in [0.4, 0.5) is 10.5 Å². The Balaban J connectivity index is 1.96. The zero-order valence-electron chi connectivity index (χ0n) is 17.6. The van der Waals surface area contributed by atoms with E-state index in [2.05, 4.69) is 20.6 Å². The summed E-state index contributed by atoms with van der Waals surface area (Å²) in [4.78, 5) is 35.2. The number of hydrogen-bond acceptors (Lipinski definition) is 4. The Kier molecular flexibility index (Phi) is 7.20. The Morgan fingerprint density at radius 3 is 2.48 bits per heavy atom. The monoisotopic (exact) mass is 437 g/mol. The Morgan fingerprint density at radius 1 is 1.10 bits per heavy atom. The highest BCUT2D eigenvalue weighted by Gasteiger charge is 2.17. The van der Waals surface area contributed by atoms with E-state index in [-0.39, 0.29) is 18.0 Å². The van der Waals surface area contributed by atoms with Crippen molar-refractivity contribution in [3.8, 4) is 11.1 Å². The number of amides is 3. The van der Waals surface area contributed by atoms with Crippen molar-refractivity contribution >= 4 is 29.2 Å². The van der Waals surface area contributed by atoms with E-state index in [0.717, 1.165) is 11.1 Å². The average molecular weight is 438 g/mol. The van der Waals surface area contributed by atoms with Crippen LogP contribution in [-0.4, -0.2) is 35.5 Å². The second-order valence-electron chi connectivity index (χ2n) is 7.00. The van der Waals surface area contributed by atoms with E-state index in [0.29, 0.717) is 28.5 Å². The number of rotatable bonds is 6. The van der Waals surface area contributed by atoms with Crippen LogP contribution in [0.5, 0.6) is 0 Å². The first-order valence-corrected chi connectivity index (χ1v) is 10.3. The molecule has 0 saturated heterocycles. The summed E-state index contributed by atoms with van der Waals surface area (Å²) >= 11 is 6.02. The molecule has 160 valence electrons. The van der Waals surface area contributed by atoms with Crippen molar-refractivity contribution in [1.82, 2.24) is 20.6 Å². The van der Waals surface area contributed by atoms with Crippen LogP contribution in [0.3, 0.4) is 0 Å². The van der Waals surface area contributed by atoms with E-state index in [1.807, 2.05) is 32.0 Å². The molecule has 0 bridgehead atoms. The first kappa shape index (κ1) is 22.2. The van der Waals surface area contributed by atoms with Crippen molar-refractivity contribution in [2.24, 2.45) is 0 Å². The number of hydrogen-bond donors (Lipinski definition) is 2. The molecule has 0 saturated carbocycles. The minimum atomic E-state index is -0.329. The van der Waals surface area contributed by atoms with E-state index in [9.17, 15) is 9.59 Å². The van der Waals surface area contributed by atoms with Gasteiger partial charge in [-0.15, -0.1) is 0 Å². The predicted molar refractivity (Wildman–Crippen MR) is 122 cm³/mol. The summed E-state index contributed by atoms with van der Waals surface area (Å²) in [6.07, 6.45) is 4.78. The van der Waals surface area contributed by atoms with Gasteiger partial charge in [-0.3, -0.25) is 19.7 Å². The van der Waals surface area contributed by atoms with E-state index in [1.54, 1.807) is 49.9 Å². The first-order chi connectivity index (χ1) is 14.9. The molecule has 1 unspecified atom stereocenters. The fourth-order valence-corrected chi connectivity index (χ4v) is 3.15. The molecule has 1 heterocycles. The molecule has 3 rings (SSSR count). The fourth-order valence-electron chi connectivity index (χ4n) is 3.02. The van der Waals surface area contributed by atoms with Gasteiger partial charge in [-0.1, -0.05) is 23.7 Å². The fraction of sp³-hybridized carbons (Fsp3) is 0.217. The predicted octanol–water partition coefficient (Wildman–Crippen LogP) is 4.45. The summed E-state index contributed by atoms with van der Waals surface area (Å²) < 4.78 is 0. The summed E-state index contributed by atoms with van der Waals surface area (Å²) in [5.41, 5.74) is 3.35. The van der Waals surface area contributed by atoms with Gasteiger partial charge in [-0.2, -0.15) is 0 Å². The number of carbonyl (C=O) groups excluding carboxylic acids is 2. The van der Waals surface area contributed by atoms with Gasteiger partial charge in [0.2, 0.25) is 0 Å². The average Bonchev–Trinajstić information content (AvgIpc) is 2.79. The summed E-state index contributed by atoms with van der Waals surface area (Å²) in [5.74, 6) is -0.278. The van der Waals surface area contributed by atoms with Crippen molar-refractivity contribution in [3.63, 3.8) is 0 Å². The summed E-state index contributed by atoms with van der Waals surface area (Å²) in [6.45, 7) is 4.19. The van der Waals surface area contributed by atoms with Crippen LogP contribution in [0, 0.1) is 0 Å². The van der Waals surface area contributed by atoms with Crippen LogP contribution in [0.1, 0.15) is 35.9 Å². The third kappa shape index (κ3) is 5.58. The van der Waals surface area contributed by atoms with Crippen LogP contribution in [-0.2, 0) is 0 Å². The highest BCUT2D eigenvalue weighted by Crippen LogP contribution is 2.28. The number of urea groups is 1.